The smallest absolute Gasteiger partial charge is 0.357 e. The third-order valence-electron chi connectivity index (χ3n) is 4.55. The average Bonchev–Trinajstić information content (AvgIpc) is 3.21. The van der Waals surface area contributed by atoms with E-state index in [2.05, 4.69) is 10.2 Å². The van der Waals surface area contributed by atoms with Crippen LogP contribution in [0.25, 0.3) is 10.8 Å². The predicted octanol–water partition coefficient (Wildman–Crippen LogP) is 1.73. The van der Waals surface area contributed by atoms with E-state index in [1.54, 1.807) is 12.1 Å². The number of amides is 1. The molecular weight excluding hydrogens is 360 g/mol. The molecule has 1 N–H and O–H groups in total. The second kappa shape index (κ2) is 7.07. The third-order valence-corrected chi connectivity index (χ3v) is 4.55. The molecule has 2 aromatic carbocycles. The van der Waals surface area contributed by atoms with Crippen molar-refractivity contribution in [1.29, 1.82) is 0 Å². The van der Waals surface area contributed by atoms with Crippen LogP contribution in [0.2, 0.25) is 0 Å². The van der Waals surface area contributed by atoms with Crippen molar-refractivity contribution in [3.63, 3.8) is 0 Å². The number of rotatable bonds is 4. The molecule has 1 amide bonds. The molecule has 0 unspecified atom stereocenters. The Kier molecular flexibility index (Phi) is 4.44. The molecule has 0 saturated heterocycles. The van der Waals surface area contributed by atoms with Crippen molar-refractivity contribution in [2.75, 3.05) is 6.54 Å². The minimum Gasteiger partial charge on any atom is -0.476 e. The molecule has 2 heterocycles. The number of carboxylic acid groups (broad SMARTS) is 1. The van der Waals surface area contributed by atoms with Crippen LogP contribution in [0.5, 0.6) is 0 Å². The van der Waals surface area contributed by atoms with Crippen LogP contribution in [0.4, 0.5) is 0 Å². The molecule has 0 fully saturated rings. The largest absolute Gasteiger partial charge is 0.476 e. The van der Waals surface area contributed by atoms with Crippen molar-refractivity contribution in [3.05, 3.63) is 76.2 Å². The Balaban J connectivity index is 1.64. The molecule has 8 heteroatoms. The quantitative estimate of drug-likeness (QED) is 0.747. The van der Waals surface area contributed by atoms with Crippen LogP contribution in [-0.2, 0) is 11.3 Å². The van der Waals surface area contributed by atoms with E-state index in [0.717, 1.165) is 16.0 Å². The summed E-state index contributed by atoms with van der Waals surface area (Å²) in [4.78, 5) is 36.8. The van der Waals surface area contributed by atoms with Crippen molar-refractivity contribution >= 4 is 28.4 Å². The fourth-order valence-corrected chi connectivity index (χ4v) is 3.18. The molecule has 8 nitrogen and oxygen atoms in total. The molecule has 1 aromatic heterocycles. The van der Waals surface area contributed by atoms with Gasteiger partial charge in [0.15, 0.2) is 5.69 Å². The highest BCUT2D eigenvalue weighted by atomic mass is 16.4. The summed E-state index contributed by atoms with van der Waals surface area (Å²) in [6.45, 7) is 0.0205. The van der Waals surface area contributed by atoms with Crippen molar-refractivity contribution in [2.24, 2.45) is 5.10 Å². The molecule has 4 rings (SSSR count). The van der Waals surface area contributed by atoms with Gasteiger partial charge in [0.2, 0.25) is 0 Å². The molecule has 3 aromatic rings. The van der Waals surface area contributed by atoms with Gasteiger partial charge in [-0.05, 0) is 11.6 Å². The zero-order valence-electron chi connectivity index (χ0n) is 14.8. The van der Waals surface area contributed by atoms with Gasteiger partial charge in [0.1, 0.15) is 6.54 Å². The molecule has 1 aliphatic rings. The van der Waals surface area contributed by atoms with Crippen molar-refractivity contribution < 1.29 is 14.7 Å². The van der Waals surface area contributed by atoms with E-state index >= 15 is 0 Å². The Morgan fingerprint density at radius 1 is 1.00 bits per heavy atom. The highest BCUT2D eigenvalue weighted by Crippen LogP contribution is 2.15. The van der Waals surface area contributed by atoms with Crippen LogP contribution in [-0.4, -0.2) is 44.0 Å². The van der Waals surface area contributed by atoms with Crippen LogP contribution in [0, 0.1) is 0 Å². The lowest BCUT2D eigenvalue weighted by molar-refractivity contribution is -0.131. The van der Waals surface area contributed by atoms with Gasteiger partial charge in [-0.3, -0.25) is 9.59 Å². The number of hydrazone groups is 1. The number of aromatic nitrogens is 2. The highest BCUT2D eigenvalue weighted by molar-refractivity contribution is 6.03. The Morgan fingerprint density at radius 3 is 2.39 bits per heavy atom. The maximum atomic E-state index is 12.6. The van der Waals surface area contributed by atoms with Crippen molar-refractivity contribution in [2.45, 2.75) is 13.0 Å². The Bertz CT molecular complexity index is 1170. The van der Waals surface area contributed by atoms with Crippen molar-refractivity contribution in [1.82, 2.24) is 14.8 Å². The first kappa shape index (κ1) is 17.6. The molecule has 1 aliphatic heterocycles. The lowest BCUT2D eigenvalue weighted by atomic mass is 10.1. The molecule has 0 saturated carbocycles. The number of aromatic carboxylic acids is 1. The first-order valence-corrected chi connectivity index (χ1v) is 8.71. The molecule has 0 radical (unpaired) electrons. The zero-order valence-corrected chi connectivity index (χ0v) is 14.8. The van der Waals surface area contributed by atoms with E-state index < -0.39 is 17.4 Å². The summed E-state index contributed by atoms with van der Waals surface area (Å²) in [5, 5.41) is 19.4. The Morgan fingerprint density at radius 2 is 1.68 bits per heavy atom. The normalized spacial score (nSPS) is 13.6. The minimum atomic E-state index is -1.26. The van der Waals surface area contributed by atoms with Crippen LogP contribution in [0.3, 0.4) is 0 Å². The molecule has 0 aliphatic carbocycles. The van der Waals surface area contributed by atoms with E-state index in [1.165, 1.54) is 17.1 Å². The van der Waals surface area contributed by atoms with E-state index in [9.17, 15) is 19.5 Å². The lowest BCUT2D eigenvalue weighted by Crippen LogP contribution is -2.34. The SMILES string of the molecule is O=C(O)c1nn(CC(=O)N2CCC(c3ccccc3)=N2)c(=O)c2ccccc12. The van der Waals surface area contributed by atoms with E-state index in [1.807, 2.05) is 30.3 Å². The minimum absolute atomic E-state index is 0.206. The summed E-state index contributed by atoms with van der Waals surface area (Å²) in [6, 6.07) is 15.9. The van der Waals surface area contributed by atoms with Gasteiger partial charge in [-0.1, -0.05) is 48.5 Å². The molecule has 0 spiro atoms. The molecular formula is C20H16N4O4. The Labute approximate surface area is 159 Å². The van der Waals surface area contributed by atoms with Crippen LogP contribution in [0.15, 0.2) is 64.5 Å². The summed E-state index contributed by atoms with van der Waals surface area (Å²) in [6.07, 6.45) is 0.607. The molecule has 28 heavy (non-hydrogen) atoms. The fraction of sp³-hybridized carbons (Fsp3) is 0.150. The number of hydrogen-bond acceptors (Lipinski definition) is 5. The van der Waals surface area contributed by atoms with E-state index in [0.29, 0.717) is 13.0 Å². The Hall–Kier alpha value is -3.81. The van der Waals surface area contributed by atoms with Gasteiger partial charge in [-0.15, -0.1) is 0 Å². The van der Waals surface area contributed by atoms with E-state index in [4.69, 9.17) is 0 Å². The van der Waals surface area contributed by atoms with Gasteiger partial charge in [0.05, 0.1) is 17.6 Å². The first-order valence-electron chi connectivity index (χ1n) is 8.71. The molecule has 140 valence electrons. The topological polar surface area (TPSA) is 105 Å². The number of nitrogens with zero attached hydrogens (tertiary/aromatic N) is 4. The summed E-state index contributed by atoms with van der Waals surface area (Å²) in [5.41, 5.74) is 0.948. The monoisotopic (exact) mass is 376 g/mol. The summed E-state index contributed by atoms with van der Waals surface area (Å²) >= 11 is 0. The van der Waals surface area contributed by atoms with Gasteiger partial charge in [0, 0.05) is 11.8 Å². The maximum absolute atomic E-state index is 12.6. The fourth-order valence-electron chi connectivity index (χ4n) is 3.18. The second-order valence-corrected chi connectivity index (χ2v) is 6.34. The lowest BCUT2D eigenvalue weighted by Gasteiger charge is -2.13. The van der Waals surface area contributed by atoms with Gasteiger partial charge < -0.3 is 5.11 Å². The third kappa shape index (κ3) is 3.16. The molecule has 0 atom stereocenters. The zero-order chi connectivity index (χ0) is 19.7. The van der Waals surface area contributed by atoms with Gasteiger partial charge in [-0.2, -0.15) is 10.2 Å². The van der Waals surface area contributed by atoms with Crippen molar-refractivity contribution in [3.8, 4) is 0 Å². The standard InChI is InChI=1S/C20H16N4O4/c25-17(23-11-10-16(21-23)13-6-2-1-3-7-13)12-24-19(26)15-9-5-4-8-14(15)18(22-24)20(27)28/h1-9H,10-12H2,(H,27,28). The predicted molar refractivity (Wildman–Crippen MR) is 102 cm³/mol. The van der Waals surface area contributed by atoms with E-state index in [-0.39, 0.29) is 23.0 Å². The number of hydrogen-bond donors (Lipinski definition) is 1. The summed E-state index contributed by atoms with van der Waals surface area (Å²) < 4.78 is 0.893. The van der Waals surface area contributed by atoms with Gasteiger partial charge >= 0.3 is 5.97 Å². The maximum Gasteiger partial charge on any atom is 0.357 e. The average molecular weight is 376 g/mol. The highest BCUT2D eigenvalue weighted by Gasteiger charge is 2.23. The number of carboxylic acids is 1. The molecule has 0 bridgehead atoms. The number of fused-ring (bicyclic) bond motifs is 1. The van der Waals surface area contributed by atoms with Crippen LogP contribution in [0.1, 0.15) is 22.5 Å². The van der Waals surface area contributed by atoms with Gasteiger partial charge in [-0.25, -0.2) is 14.5 Å². The van der Waals surface area contributed by atoms with Crippen LogP contribution >= 0.6 is 0 Å². The summed E-state index contributed by atoms with van der Waals surface area (Å²) in [7, 11) is 0. The number of carbonyl (C=O) groups excluding carboxylic acids is 1. The first-order chi connectivity index (χ1) is 13.5. The van der Waals surface area contributed by atoms with Crippen LogP contribution < -0.4 is 5.56 Å². The second-order valence-electron chi connectivity index (χ2n) is 6.34. The summed E-state index contributed by atoms with van der Waals surface area (Å²) in [5.74, 6) is -1.69. The van der Waals surface area contributed by atoms with Gasteiger partial charge in [0.25, 0.3) is 11.5 Å². The number of benzene rings is 2. The number of carbonyl (C=O) groups is 2.